The van der Waals surface area contributed by atoms with E-state index >= 15 is 0 Å². The third kappa shape index (κ3) is 3.80. The van der Waals surface area contributed by atoms with Crippen molar-refractivity contribution < 1.29 is 9.47 Å². The molecule has 142 valence electrons. The molecule has 1 aliphatic rings. The first-order valence-electron chi connectivity index (χ1n) is 9.09. The molecule has 0 radical (unpaired) electrons. The van der Waals surface area contributed by atoms with Gasteiger partial charge in [-0.3, -0.25) is 0 Å². The maximum absolute atomic E-state index is 9.27. The Balaban J connectivity index is 1.65. The quantitative estimate of drug-likeness (QED) is 0.674. The molecule has 8 heteroatoms. The van der Waals surface area contributed by atoms with Crippen molar-refractivity contribution >= 4 is 0 Å². The van der Waals surface area contributed by atoms with Crippen LogP contribution in [0, 0.1) is 11.3 Å². The number of hydrogen-bond acceptors (Lipinski definition) is 7. The molecule has 1 fully saturated rings. The van der Waals surface area contributed by atoms with Crippen LogP contribution < -0.4 is 15.2 Å². The fourth-order valence-electron chi connectivity index (χ4n) is 2.83. The number of rotatable bonds is 7. The van der Waals surface area contributed by atoms with E-state index in [1.165, 1.54) is 0 Å². The van der Waals surface area contributed by atoms with Crippen LogP contribution >= 0.6 is 0 Å². The van der Waals surface area contributed by atoms with Gasteiger partial charge in [-0.05, 0) is 31.0 Å². The summed E-state index contributed by atoms with van der Waals surface area (Å²) in [5.74, 6) is 2.66. The van der Waals surface area contributed by atoms with Crippen molar-refractivity contribution in [1.82, 2.24) is 19.7 Å². The predicted octanol–water partition coefficient (Wildman–Crippen LogP) is 2.76. The molecule has 1 saturated carbocycles. The smallest absolute Gasteiger partial charge is 0.217 e. The Morgan fingerprint density at radius 2 is 2.04 bits per heavy atom. The van der Waals surface area contributed by atoms with Crippen LogP contribution in [0.4, 0.5) is 0 Å². The van der Waals surface area contributed by atoms with Crippen molar-refractivity contribution in [1.29, 1.82) is 5.26 Å². The van der Waals surface area contributed by atoms with E-state index in [-0.39, 0.29) is 0 Å². The zero-order valence-electron chi connectivity index (χ0n) is 15.5. The summed E-state index contributed by atoms with van der Waals surface area (Å²) in [6, 6.07) is 9.26. The minimum atomic E-state index is 0.401. The average molecular weight is 376 g/mol. The Bertz CT molecular complexity index is 1020. The maximum Gasteiger partial charge on any atom is 0.217 e. The van der Waals surface area contributed by atoms with Crippen molar-refractivity contribution in [2.24, 2.45) is 12.8 Å². The van der Waals surface area contributed by atoms with E-state index in [1.807, 2.05) is 13.1 Å². The number of nitrogens with zero attached hydrogens (tertiary/aromatic N) is 5. The third-order valence-electron chi connectivity index (χ3n) is 4.43. The third-order valence-corrected chi connectivity index (χ3v) is 4.43. The summed E-state index contributed by atoms with van der Waals surface area (Å²) in [6.07, 6.45) is 5.51. The molecule has 4 rings (SSSR count). The molecule has 3 aromatic rings. The highest BCUT2D eigenvalue weighted by molar-refractivity contribution is 5.66. The number of aryl methyl sites for hydroxylation is 1. The summed E-state index contributed by atoms with van der Waals surface area (Å²) in [6.45, 7) is 0.820. The molecule has 1 aliphatic carbocycles. The second-order valence-corrected chi connectivity index (χ2v) is 6.61. The molecule has 0 saturated heterocycles. The summed E-state index contributed by atoms with van der Waals surface area (Å²) < 4.78 is 13.2. The standard InChI is InChI=1S/C20H20N6O2/c1-26-19(9-17(25-26)14-3-4-14)28-18-8-13(10-22)2-5-16(18)20-23-11-15(12-24-20)27-7-6-21/h2,5,8-9,11-12,14H,3-4,6-7,21H2,1H3. The van der Waals surface area contributed by atoms with E-state index in [9.17, 15) is 5.26 Å². The molecule has 2 heterocycles. The number of benzene rings is 1. The summed E-state index contributed by atoms with van der Waals surface area (Å²) in [5, 5.41) is 13.8. The van der Waals surface area contributed by atoms with Gasteiger partial charge in [-0.15, -0.1) is 0 Å². The van der Waals surface area contributed by atoms with Gasteiger partial charge in [-0.25, -0.2) is 14.6 Å². The Kier molecular flexibility index (Phi) is 4.91. The number of aromatic nitrogens is 4. The lowest BCUT2D eigenvalue weighted by molar-refractivity contribution is 0.325. The summed E-state index contributed by atoms with van der Waals surface area (Å²) in [5.41, 5.74) is 7.64. The first-order chi connectivity index (χ1) is 13.7. The lowest BCUT2D eigenvalue weighted by Crippen LogP contribution is -2.10. The van der Waals surface area contributed by atoms with Crippen molar-refractivity contribution in [3.8, 4) is 34.8 Å². The van der Waals surface area contributed by atoms with Gasteiger partial charge >= 0.3 is 0 Å². The SMILES string of the molecule is Cn1nc(C2CC2)cc1Oc1cc(C#N)ccc1-c1ncc(OCCN)cn1. The van der Waals surface area contributed by atoms with Crippen LogP contribution in [0.2, 0.25) is 0 Å². The molecule has 2 N–H and O–H groups in total. The van der Waals surface area contributed by atoms with E-state index in [0.717, 1.165) is 18.5 Å². The Labute approximate surface area is 162 Å². The van der Waals surface area contributed by atoms with Crippen molar-refractivity contribution in [2.75, 3.05) is 13.2 Å². The number of hydrogen-bond donors (Lipinski definition) is 1. The van der Waals surface area contributed by atoms with Gasteiger partial charge in [0, 0.05) is 25.6 Å². The highest BCUT2D eigenvalue weighted by atomic mass is 16.5. The lowest BCUT2D eigenvalue weighted by atomic mass is 10.1. The molecule has 1 aromatic carbocycles. The Morgan fingerprint density at radius 1 is 1.25 bits per heavy atom. The van der Waals surface area contributed by atoms with Crippen LogP contribution in [0.25, 0.3) is 11.4 Å². The fraction of sp³-hybridized carbons (Fsp3) is 0.300. The number of ether oxygens (including phenoxy) is 2. The Hall–Kier alpha value is -3.44. The van der Waals surface area contributed by atoms with Crippen LogP contribution in [0.5, 0.6) is 17.4 Å². The number of nitriles is 1. The summed E-state index contributed by atoms with van der Waals surface area (Å²) >= 11 is 0. The van der Waals surface area contributed by atoms with Gasteiger partial charge in [-0.2, -0.15) is 10.4 Å². The second-order valence-electron chi connectivity index (χ2n) is 6.61. The summed E-state index contributed by atoms with van der Waals surface area (Å²) in [4.78, 5) is 8.73. The molecule has 0 bridgehead atoms. The van der Waals surface area contributed by atoms with Gasteiger partial charge in [0.2, 0.25) is 5.88 Å². The molecular formula is C20H20N6O2. The van der Waals surface area contributed by atoms with E-state index in [0.29, 0.717) is 53.4 Å². The first-order valence-corrected chi connectivity index (χ1v) is 9.09. The Morgan fingerprint density at radius 3 is 2.71 bits per heavy atom. The molecule has 0 unspecified atom stereocenters. The van der Waals surface area contributed by atoms with Crippen LogP contribution in [0.1, 0.15) is 30.0 Å². The van der Waals surface area contributed by atoms with Crippen LogP contribution in [-0.2, 0) is 7.05 Å². The van der Waals surface area contributed by atoms with Crippen molar-refractivity contribution in [3.05, 3.63) is 47.9 Å². The van der Waals surface area contributed by atoms with Gasteiger partial charge in [0.1, 0.15) is 12.4 Å². The van der Waals surface area contributed by atoms with E-state index in [4.69, 9.17) is 15.2 Å². The molecule has 0 atom stereocenters. The van der Waals surface area contributed by atoms with Crippen LogP contribution in [0.3, 0.4) is 0 Å². The van der Waals surface area contributed by atoms with Gasteiger partial charge in [0.25, 0.3) is 0 Å². The zero-order valence-corrected chi connectivity index (χ0v) is 15.5. The van der Waals surface area contributed by atoms with E-state index in [1.54, 1.807) is 35.3 Å². The topological polar surface area (TPSA) is 112 Å². The van der Waals surface area contributed by atoms with Crippen molar-refractivity contribution in [2.45, 2.75) is 18.8 Å². The normalized spacial score (nSPS) is 13.2. The number of nitrogens with two attached hydrogens (primary N) is 1. The summed E-state index contributed by atoms with van der Waals surface area (Å²) in [7, 11) is 1.84. The first kappa shape index (κ1) is 17.9. The lowest BCUT2D eigenvalue weighted by Gasteiger charge is -2.11. The van der Waals surface area contributed by atoms with Gasteiger partial charge in [-0.1, -0.05) is 0 Å². The molecule has 0 spiro atoms. The van der Waals surface area contributed by atoms with Crippen LogP contribution in [-0.4, -0.2) is 32.9 Å². The van der Waals surface area contributed by atoms with Gasteiger partial charge in [0.15, 0.2) is 11.6 Å². The minimum Gasteiger partial charge on any atom is -0.489 e. The van der Waals surface area contributed by atoms with E-state index < -0.39 is 0 Å². The van der Waals surface area contributed by atoms with Crippen molar-refractivity contribution in [3.63, 3.8) is 0 Å². The molecular weight excluding hydrogens is 356 g/mol. The molecule has 8 nitrogen and oxygen atoms in total. The molecule has 2 aromatic heterocycles. The fourth-order valence-corrected chi connectivity index (χ4v) is 2.83. The minimum absolute atomic E-state index is 0.401. The molecule has 0 amide bonds. The molecule has 0 aliphatic heterocycles. The zero-order chi connectivity index (χ0) is 19.5. The maximum atomic E-state index is 9.27. The average Bonchev–Trinajstić information content (AvgIpc) is 3.51. The van der Waals surface area contributed by atoms with E-state index in [2.05, 4.69) is 21.1 Å². The molecule has 28 heavy (non-hydrogen) atoms. The highest BCUT2D eigenvalue weighted by Gasteiger charge is 2.27. The predicted molar refractivity (Wildman–Crippen MR) is 102 cm³/mol. The second kappa shape index (κ2) is 7.66. The van der Waals surface area contributed by atoms with Gasteiger partial charge < -0.3 is 15.2 Å². The monoisotopic (exact) mass is 376 g/mol. The van der Waals surface area contributed by atoms with Crippen LogP contribution in [0.15, 0.2) is 36.7 Å². The highest BCUT2D eigenvalue weighted by Crippen LogP contribution is 2.41. The largest absolute Gasteiger partial charge is 0.489 e. The van der Waals surface area contributed by atoms with Gasteiger partial charge in [0.05, 0.1) is 35.3 Å².